The van der Waals surface area contributed by atoms with Crippen LogP contribution in [0.5, 0.6) is 0 Å². The standard InChI is InChI=1S/C12H22N2O2/c1-3-14(9-12(16)13-2)10-7-5-4-6-8-11(10)15/h10H,3-9H2,1-2H3,(H,13,16). The van der Waals surface area contributed by atoms with E-state index in [1.54, 1.807) is 7.05 Å². The van der Waals surface area contributed by atoms with E-state index in [9.17, 15) is 9.59 Å². The van der Waals surface area contributed by atoms with Crippen molar-refractivity contribution in [3.8, 4) is 0 Å². The molecule has 1 N–H and O–H groups in total. The number of hydrogen-bond acceptors (Lipinski definition) is 3. The van der Waals surface area contributed by atoms with Crippen LogP contribution in [0.25, 0.3) is 0 Å². The van der Waals surface area contributed by atoms with E-state index in [1.165, 1.54) is 0 Å². The number of carbonyl (C=O) groups is 2. The third-order valence-corrected chi connectivity index (χ3v) is 3.24. The molecule has 1 rings (SSSR count). The van der Waals surface area contributed by atoms with Crippen molar-refractivity contribution in [3.63, 3.8) is 0 Å². The molecule has 1 unspecified atom stereocenters. The maximum absolute atomic E-state index is 11.9. The minimum Gasteiger partial charge on any atom is -0.358 e. The van der Waals surface area contributed by atoms with Crippen LogP contribution in [0.3, 0.4) is 0 Å². The summed E-state index contributed by atoms with van der Waals surface area (Å²) in [6, 6.07) is -0.0372. The zero-order chi connectivity index (χ0) is 12.0. The lowest BCUT2D eigenvalue weighted by Crippen LogP contribution is -2.45. The van der Waals surface area contributed by atoms with Crippen LogP contribution < -0.4 is 5.32 Å². The normalized spacial score (nSPS) is 21.9. The molecule has 1 aliphatic rings. The Labute approximate surface area is 97.4 Å². The molecule has 1 fully saturated rings. The summed E-state index contributed by atoms with van der Waals surface area (Å²) in [5, 5.41) is 2.61. The highest BCUT2D eigenvalue weighted by Crippen LogP contribution is 2.19. The first-order chi connectivity index (χ1) is 7.69. The number of ketones is 1. The molecule has 16 heavy (non-hydrogen) atoms. The van der Waals surface area contributed by atoms with Crippen molar-refractivity contribution in [1.29, 1.82) is 0 Å². The molecule has 0 aromatic carbocycles. The van der Waals surface area contributed by atoms with Gasteiger partial charge in [0.05, 0.1) is 12.6 Å². The van der Waals surface area contributed by atoms with Crippen molar-refractivity contribution in [2.24, 2.45) is 0 Å². The molecule has 0 aromatic rings. The summed E-state index contributed by atoms with van der Waals surface area (Å²) < 4.78 is 0. The number of hydrogen-bond donors (Lipinski definition) is 1. The van der Waals surface area contributed by atoms with E-state index in [0.717, 1.165) is 32.2 Å². The second-order valence-electron chi connectivity index (χ2n) is 4.32. The fourth-order valence-corrected chi connectivity index (χ4v) is 2.23. The van der Waals surface area contributed by atoms with Gasteiger partial charge in [-0.25, -0.2) is 0 Å². The zero-order valence-corrected chi connectivity index (χ0v) is 10.3. The summed E-state index contributed by atoms with van der Waals surface area (Å²) in [5.41, 5.74) is 0. The Bertz CT molecular complexity index is 253. The van der Waals surface area contributed by atoms with Crippen molar-refractivity contribution in [3.05, 3.63) is 0 Å². The molecule has 0 heterocycles. The topological polar surface area (TPSA) is 49.4 Å². The van der Waals surface area contributed by atoms with Gasteiger partial charge in [-0.2, -0.15) is 0 Å². The van der Waals surface area contributed by atoms with Crippen LogP contribution in [-0.4, -0.2) is 42.8 Å². The zero-order valence-electron chi connectivity index (χ0n) is 10.3. The van der Waals surface area contributed by atoms with E-state index >= 15 is 0 Å². The Kier molecular flexibility index (Phi) is 5.46. The highest BCUT2D eigenvalue weighted by Gasteiger charge is 2.26. The van der Waals surface area contributed by atoms with Gasteiger partial charge in [-0.15, -0.1) is 0 Å². The second kappa shape index (κ2) is 6.63. The average Bonchev–Trinajstić information content (AvgIpc) is 2.50. The van der Waals surface area contributed by atoms with Gasteiger partial charge in [0.25, 0.3) is 0 Å². The maximum atomic E-state index is 11.9. The van der Waals surface area contributed by atoms with Gasteiger partial charge in [0, 0.05) is 13.5 Å². The van der Waals surface area contributed by atoms with Crippen LogP contribution in [-0.2, 0) is 9.59 Å². The van der Waals surface area contributed by atoms with Gasteiger partial charge >= 0.3 is 0 Å². The molecule has 4 heteroatoms. The molecule has 0 aromatic heterocycles. The van der Waals surface area contributed by atoms with Gasteiger partial charge in [-0.05, 0) is 19.4 Å². The molecule has 92 valence electrons. The summed E-state index contributed by atoms with van der Waals surface area (Å²) in [6.45, 7) is 3.09. The Morgan fingerprint density at radius 3 is 2.81 bits per heavy atom. The molecule has 0 aliphatic heterocycles. The minimum absolute atomic E-state index is 0.0149. The fraction of sp³-hybridized carbons (Fsp3) is 0.833. The van der Waals surface area contributed by atoms with E-state index in [1.807, 2.05) is 11.8 Å². The van der Waals surface area contributed by atoms with Crippen LogP contribution in [0.1, 0.15) is 39.0 Å². The first kappa shape index (κ1) is 13.2. The monoisotopic (exact) mass is 226 g/mol. The highest BCUT2D eigenvalue weighted by molar-refractivity contribution is 5.85. The smallest absolute Gasteiger partial charge is 0.233 e. The molecule has 0 saturated heterocycles. The third-order valence-electron chi connectivity index (χ3n) is 3.24. The van der Waals surface area contributed by atoms with Crippen LogP contribution >= 0.6 is 0 Å². The second-order valence-corrected chi connectivity index (χ2v) is 4.32. The summed E-state index contributed by atoms with van der Waals surface area (Å²) in [5.74, 6) is 0.294. The largest absolute Gasteiger partial charge is 0.358 e. The van der Waals surface area contributed by atoms with E-state index < -0.39 is 0 Å². The predicted molar refractivity (Wildman–Crippen MR) is 63.2 cm³/mol. The summed E-state index contributed by atoms with van der Waals surface area (Å²) in [6.07, 6.45) is 4.83. The first-order valence-electron chi connectivity index (χ1n) is 6.16. The number of nitrogens with zero attached hydrogens (tertiary/aromatic N) is 1. The van der Waals surface area contributed by atoms with E-state index in [-0.39, 0.29) is 11.9 Å². The fourth-order valence-electron chi connectivity index (χ4n) is 2.23. The summed E-state index contributed by atoms with van der Waals surface area (Å²) in [7, 11) is 1.63. The molecule has 1 aliphatic carbocycles. The third kappa shape index (κ3) is 3.59. The Hall–Kier alpha value is -0.900. The van der Waals surface area contributed by atoms with Crippen LogP contribution in [0.2, 0.25) is 0 Å². The van der Waals surface area contributed by atoms with E-state index in [4.69, 9.17) is 0 Å². The van der Waals surface area contributed by atoms with Gasteiger partial charge < -0.3 is 5.32 Å². The minimum atomic E-state index is -0.0372. The quantitative estimate of drug-likeness (QED) is 0.726. The van der Waals surface area contributed by atoms with Crippen LogP contribution in [0.15, 0.2) is 0 Å². The number of carbonyl (C=O) groups excluding carboxylic acids is 2. The lowest BCUT2D eigenvalue weighted by molar-refractivity contribution is -0.127. The highest BCUT2D eigenvalue weighted by atomic mass is 16.2. The van der Waals surface area contributed by atoms with Crippen molar-refractivity contribution in [1.82, 2.24) is 10.2 Å². The molecule has 1 atom stereocenters. The van der Waals surface area contributed by atoms with Crippen molar-refractivity contribution in [2.45, 2.75) is 45.1 Å². The number of Topliss-reactive ketones (excluding diaryl/α,β-unsaturated/α-hetero) is 1. The number of likely N-dealkylation sites (N-methyl/N-ethyl adjacent to an activating group) is 2. The molecule has 4 nitrogen and oxygen atoms in total. The molecular formula is C12H22N2O2. The van der Waals surface area contributed by atoms with Gasteiger partial charge in [0.2, 0.25) is 5.91 Å². The Morgan fingerprint density at radius 2 is 2.19 bits per heavy atom. The number of nitrogens with one attached hydrogen (secondary N) is 1. The number of amides is 1. The maximum Gasteiger partial charge on any atom is 0.233 e. The van der Waals surface area contributed by atoms with Crippen molar-refractivity contribution in [2.75, 3.05) is 20.1 Å². The molecular weight excluding hydrogens is 204 g/mol. The number of rotatable bonds is 4. The van der Waals surface area contributed by atoms with Crippen molar-refractivity contribution < 1.29 is 9.59 Å². The van der Waals surface area contributed by atoms with Crippen LogP contribution in [0, 0.1) is 0 Å². The van der Waals surface area contributed by atoms with Gasteiger partial charge in [-0.1, -0.05) is 19.8 Å². The van der Waals surface area contributed by atoms with E-state index in [0.29, 0.717) is 18.7 Å². The summed E-state index contributed by atoms with van der Waals surface area (Å²) in [4.78, 5) is 25.3. The van der Waals surface area contributed by atoms with Gasteiger partial charge in [-0.3, -0.25) is 14.5 Å². The van der Waals surface area contributed by atoms with Crippen LogP contribution in [0.4, 0.5) is 0 Å². The Morgan fingerprint density at radius 1 is 1.44 bits per heavy atom. The van der Waals surface area contributed by atoms with Gasteiger partial charge in [0.15, 0.2) is 0 Å². The molecule has 1 amide bonds. The molecule has 0 bridgehead atoms. The molecule has 1 saturated carbocycles. The Balaban J connectivity index is 2.61. The lowest BCUT2D eigenvalue weighted by atomic mass is 10.1. The predicted octanol–water partition coefficient (Wildman–Crippen LogP) is 0.956. The average molecular weight is 226 g/mol. The van der Waals surface area contributed by atoms with Crippen molar-refractivity contribution >= 4 is 11.7 Å². The lowest BCUT2D eigenvalue weighted by Gasteiger charge is -2.27. The SMILES string of the molecule is CCN(CC(=O)NC)C1CCCCCC1=O. The first-order valence-corrected chi connectivity index (χ1v) is 6.16. The molecule has 0 spiro atoms. The van der Waals surface area contributed by atoms with E-state index in [2.05, 4.69) is 5.32 Å². The summed E-state index contributed by atoms with van der Waals surface area (Å²) >= 11 is 0. The molecule has 0 radical (unpaired) electrons. The van der Waals surface area contributed by atoms with Gasteiger partial charge in [0.1, 0.15) is 5.78 Å².